The fourth-order valence-corrected chi connectivity index (χ4v) is 3.00. The largest absolute Gasteiger partial charge is 0.420 e. The zero-order valence-corrected chi connectivity index (χ0v) is 12.3. The monoisotopic (exact) mass is 316 g/mol. The number of hydrogen-bond acceptors (Lipinski definition) is 8. The number of carbonyl (C=O) groups is 1. The summed E-state index contributed by atoms with van der Waals surface area (Å²) < 4.78 is 11.0. The zero-order valence-electron chi connectivity index (χ0n) is 11.4. The summed E-state index contributed by atoms with van der Waals surface area (Å²) in [5.74, 6) is 0.444. The van der Waals surface area contributed by atoms with E-state index in [1.807, 2.05) is 4.90 Å². The molecule has 0 aromatic carbocycles. The molecule has 3 heterocycles. The Kier molecular flexibility index (Phi) is 4.01. The number of rotatable bonds is 4. The van der Waals surface area contributed by atoms with Crippen molar-refractivity contribution >= 4 is 20.2 Å². The van der Waals surface area contributed by atoms with Crippen LogP contribution in [0.2, 0.25) is 0 Å². The van der Waals surface area contributed by atoms with E-state index in [1.165, 1.54) is 0 Å². The Balaban J connectivity index is 1.63. The highest BCUT2D eigenvalue weighted by Crippen LogP contribution is 2.29. The average molecular weight is 316 g/mol. The highest BCUT2D eigenvalue weighted by molar-refractivity contribution is 7.44. The van der Waals surface area contributed by atoms with Gasteiger partial charge in [0.2, 0.25) is 0 Å². The number of nitrogens with one attached hydrogen (secondary N) is 3. The third kappa shape index (κ3) is 2.97. The summed E-state index contributed by atoms with van der Waals surface area (Å²) in [5.41, 5.74) is 6.21. The standard InChI is InChI=1S/C11H18N5O4P/c1-21(18)19-4-6-2-3-7(20-6)16-5-13-8-9(16)14-11(12)15-10(8)17/h6-7,11,13H,1-5,12H2,(H2-,14,15,17,18)/p+1. The van der Waals surface area contributed by atoms with Gasteiger partial charge in [0.15, 0.2) is 6.29 Å². The molecule has 0 bridgehead atoms. The smallest absolute Gasteiger partial charge is 0.360 e. The predicted molar refractivity (Wildman–Crippen MR) is 76.2 cm³/mol. The second-order valence-electron chi connectivity index (χ2n) is 5.06. The van der Waals surface area contributed by atoms with E-state index in [0.717, 1.165) is 12.8 Å². The molecule has 3 rings (SSSR count). The van der Waals surface area contributed by atoms with Gasteiger partial charge < -0.3 is 25.6 Å². The molecule has 9 nitrogen and oxygen atoms in total. The van der Waals surface area contributed by atoms with Gasteiger partial charge in [-0.1, -0.05) is 0 Å². The van der Waals surface area contributed by atoms with Crippen molar-refractivity contribution in [1.29, 1.82) is 0 Å². The van der Waals surface area contributed by atoms with Crippen molar-refractivity contribution in [1.82, 2.24) is 20.9 Å². The van der Waals surface area contributed by atoms with Crippen LogP contribution in [0.4, 0.5) is 0 Å². The van der Waals surface area contributed by atoms with Gasteiger partial charge in [-0.25, -0.2) is 0 Å². The molecule has 10 heteroatoms. The number of nitrogens with two attached hydrogens (primary N) is 1. The maximum absolute atomic E-state index is 11.8. The summed E-state index contributed by atoms with van der Waals surface area (Å²) in [6, 6.07) is 0. The highest BCUT2D eigenvalue weighted by atomic mass is 31.1. The van der Waals surface area contributed by atoms with Gasteiger partial charge in [-0.2, -0.15) is 9.42 Å². The van der Waals surface area contributed by atoms with Crippen molar-refractivity contribution < 1.29 is 18.9 Å². The van der Waals surface area contributed by atoms with Gasteiger partial charge in [0.1, 0.15) is 30.7 Å². The first-order valence-corrected chi connectivity index (χ1v) is 8.10. The van der Waals surface area contributed by atoms with Crippen LogP contribution in [0.1, 0.15) is 12.8 Å². The first-order chi connectivity index (χ1) is 10.0. The van der Waals surface area contributed by atoms with Crippen LogP contribution in [0.5, 0.6) is 0 Å². The van der Waals surface area contributed by atoms with E-state index in [1.54, 1.807) is 0 Å². The van der Waals surface area contributed by atoms with Gasteiger partial charge in [0, 0.05) is 0 Å². The molecule has 116 valence electrons. The van der Waals surface area contributed by atoms with E-state index in [2.05, 4.69) is 22.2 Å². The number of nitrogens with zero attached hydrogens (tertiary/aromatic N) is 1. The molecule has 1 fully saturated rings. The van der Waals surface area contributed by atoms with Gasteiger partial charge in [-0.15, -0.1) is 0 Å². The van der Waals surface area contributed by atoms with Gasteiger partial charge in [0.25, 0.3) is 5.91 Å². The van der Waals surface area contributed by atoms with Crippen molar-refractivity contribution in [2.24, 2.45) is 5.73 Å². The van der Waals surface area contributed by atoms with Crippen LogP contribution in [0.25, 0.3) is 0 Å². The van der Waals surface area contributed by atoms with Gasteiger partial charge >= 0.3 is 8.00 Å². The molecule has 0 aromatic heterocycles. The number of carbonyl (C=O) groups excluding carboxylic acids is 1. The third-order valence-electron chi connectivity index (χ3n) is 3.60. The molecular weight excluding hydrogens is 297 g/mol. The predicted octanol–water partition coefficient (Wildman–Crippen LogP) is -1.76. The molecule has 1 amide bonds. The Hall–Kier alpha value is -1.38. The molecule has 4 unspecified atom stereocenters. The normalized spacial score (nSPS) is 32.5. The second kappa shape index (κ2) is 5.78. The van der Waals surface area contributed by atoms with Crippen molar-refractivity contribution in [3.63, 3.8) is 0 Å². The molecule has 3 aliphatic rings. The van der Waals surface area contributed by atoms with E-state index in [4.69, 9.17) is 19.9 Å². The minimum Gasteiger partial charge on any atom is -0.360 e. The topological polar surface area (TPSA) is 121 Å². The first-order valence-electron chi connectivity index (χ1n) is 6.70. The SMILES string of the molecule is C=[P+](O)OCC1CCC(N2CNC3=C2NC(N)NC3=O)O1. The third-order valence-corrected chi connectivity index (χ3v) is 4.05. The Bertz CT molecular complexity index is 499. The molecule has 0 aliphatic carbocycles. The number of ether oxygens (including phenoxy) is 1. The van der Waals surface area contributed by atoms with E-state index in [-0.39, 0.29) is 18.2 Å². The summed E-state index contributed by atoms with van der Waals surface area (Å²) in [7, 11) is -1.61. The van der Waals surface area contributed by atoms with Gasteiger partial charge in [0.05, 0.1) is 12.8 Å². The summed E-state index contributed by atoms with van der Waals surface area (Å²) >= 11 is 0. The Morgan fingerprint density at radius 1 is 1.52 bits per heavy atom. The van der Waals surface area contributed by atoms with Crippen LogP contribution in [0.3, 0.4) is 0 Å². The quantitative estimate of drug-likeness (QED) is 0.387. The first kappa shape index (κ1) is 14.6. The van der Waals surface area contributed by atoms with Gasteiger partial charge in [-0.05, 0) is 12.8 Å². The summed E-state index contributed by atoms with van der Waals surface area (Å²) in [6.07, 6.45) is 4.21. The Morgan fingerprint density at radius 3 is 3.10 bits per heavy atom. The highest BCUT2D eigenvalue weighted by Gasteiger charge is 2.39. The van der Waals surface area contributed by atoms with E-state index < -0.39 is 14.3 Å². The van der Waals surface area contributed by atoms with Crippen LogP contribution in [-0.4, -0.2) is 53.9 Å². The Labute approximate surface area is 123 Å². The van der Waals surface area contributed by atoms with Gasteiger partial charge in [-0.3, -0.25) is 10.5 Å². The summed E-state index contributed by atoms with van der Waals surface area (Å²) in [5, 5.41) is 8.66. The molecule has 0 radical (unpaired) electrons. The van der Waals surface area contributed by atoms with Crippen LogP contribution in [0.15, 0.2) is 11.5 Å². The molecule has 3 aliphatic heterocycles. The Morgan fingerprint density at radius 2 is 2.33 bits per heavy atom. The van der Waals surface area contributed by atoms with Crippen LogP contribution in [-0.2, 0) is 14.1 Å². The average Bonchev–Trinajstić information content (AvgIpc) is 3.02. The second-order valence-corrected chi connectivity index (χ2v) is 6.02. The summed E-state index contributed by atoms with van der Waals surface area (Å²) in [6.45, 7) is 0.806. The lowest BCUT2D eigenvalue weighted by Gasteiger charge is -2.31. The molecule has 1 saturated heterocycles. The fourth-order valence-electron chi connectivity index (χ4n) is 2.66. The maximum Gasteiger partial charge on any atom is 0.420 e. The molecule has 0 spiro atoms. The van der Waals surface area contributed by atoms with Crippen LogP contribution >= 0.6 is 8.00 Å². The summed E-state index contributed by atoms with van der Waals surface area (Å²) in [4.78, 5) is 22.8. The van der Waals surface area contributed by atoms with Crippen molar-refractivity contribution in [2.45, 2.75) is 31.5 Å². The minimum absolute atomic E-state index is 0.0790. The molecular formula is C11H19N5O4P+. The van der Waals surface area contributed by atoms with Crippen molar-refractivity contribution in [2.75, 3.05) is 13.3 Å². The number of hydrogen-bond donors (Lipinski definition) is 5. The van der Waals surface area contributed by atoms with Crippen LogP contribution in [0, 0.1) is 0 Å². The lowest BCUT2D eigenvalue weighted by molar-refractivity contribution is -0.119. The van der Waals surface area contributed by atoms with E-state index in [0.29, 0.717) is 24.8 Å². The lowest BCUT2D eigenvalue weighted by Crippen LogP contribution is -2.57. The van der Waals surface area contributed by atoms with Crippen LogP contribution < -0.4 is 21.7 Å². The maximum atomic E-state index is 11.8. The van der Waals surface area contributed by atoms with E-state index in [9.17, 15) is 4.79 Å². The van der Waals surface area contributed by atoms with E-state index >= 15 is 0 Å². The van der Waals surface area contributed by atoms with Crippen molar-refractivity contribution in [3.05, 3.63) is 11.5 Å². The fraction of sp³-hybridized carbons (Fsp3) is 0.636. The molecule has 4 atom stereocenters. The molecule has 6 N–H and O–H groups in total. The minimum atomic E-state index is -1.61. The zero-order chi connectivity index (χ0) is 15.0. The lowest BCUT2D eigenvalue weighted by atomic mass is 10.2. The number of amides is 1. The molecule has 21 heavy (non-hydrogen) atoms. The van der Waals surface area contributed by atoms with Crippen molar-refractivity contribution in [3.8, 4) is 0 Å². The molecule has 0 aromatic rings. The molecule has 0 saturated carbocycles.